The molecule has 0 N–H and O–H groups in total. The van der Waals surface area contributed by atoms with E-state index in [2.05, 4.69) is 6.92 Å². The van der Waals surface area contributed by atoms with Gasteiger partial charge in [-0.25, -0.2) is 4.79 Å². The molecule has 0 bridgehead atoms. The number of rotatable bonds is 12. The largest absolute Gasteiger partial charge is 0.465 e. The maximum absolute atomic E-state index is 11.5. The van der Waals surface area contributed by atoms with Crippen LogP contribution in [0.15, 0.2) is 23.8 Å². The lowest BCUT2D eigenvalue weighted by molar-refractivity contribution is -0.135. The molecule has 0 spiro atoms. The molecule has 20 heavy (non-hydrogen) atoms. The molecule has 0 amide bonds. The van der Waals surface area contributed by atoms with E-state index in [9.17, 15) is 4.79 Å². The lowest BCUT2D eigenvalue weighted by Crippen LogP contribution is -2.02. The second-order valence-electron chi connectivity index (χ2n) is 5.27. The zero-order valence-corrected chi connectivity index (χ0v) is 13.6. The van der Waals surface area contributed by atoms with Crippen LogP contribution in [0, 0.1) is 0 Å². The third-order valence-corrected chi connectivity index (χ3v) is 3.44. The van der Waals surface area contributed by atoms with E-state index in [1.165, 1.54) is 58.5 Å². The molecule has 2 heteroatoms. The van der Waals surface area contributed by atoms with Crippen molar-refractivity contribution in [2.75, 3.05) is 7.11 Å². The van der Waals surface area contributed by atoms with Gasteiger partial charge < -0.3 is 4.74 Å². The molecule has 0 saturated heterocycles. The molecule has 0 aliphatic heterocycles. The number of carbonyl (C=O) groups is 1. The monoisotopic (exact) mass is 280 g/mol. The van der Waals surface area contributed by atoms with Crippen LogP contribution >= 0.6 is 0 Å². The van der Waals surface area contributed by atoms with Crippen molar-refractivity contribution in [1.29, 1.82) is 0 Å². The molecule has 0 radical (unpaired) electrons. The van der Waals surface area contributed by atoms with Crippen LogP contribution in [0.25, 0.3) is 0 Å². The molecule has 116 valence electrons. The van der Waals surface area contributed by atoms with Gasteiger partial charge in [-0.05, 0) is 19.8 Å². The summed E-state index contributed by atoms with van der Waals surface area (Å²) in [4.78, 5) is 11.5. The summed E-state index contributed by atoms with van der Waals surface area (Å²) in [6.45, 7) is 4.17. The van der Waals surface area contributed by atoms with Crippen LogP contribution in [0.3, 0.4) is 0 Å². The second kappa shape index (κ2) is 14.4. The lowest BCUT2D eigenvalue weighted by atomic mass is 10.1. The molecule has 0 aromatic heterocycles. The third kappa shape index (κ3) is 10.8. The van der Waals surface area contributed by atoms with Crippen molar-refractivity contribution in [2.24, 2.45) is 0 Å². The lowest BCUT2D eigenvalue weighted by Gasteiger charge is -2.02. The van der Waals surface area contributed by atoms with Crippen LogP contribution in [0.4, 0.5) is 0 Å². The summed E-state index contributed by atoms with van der Waals surface area (Å²) in [6, 6.07) is 0. The first kappa shape index (κ1) is 18.9. The van der Waals surface area contributed by atoms with E-state index < -0.39 is 0 Å². The fourth-order valence-corrected chi connectivity index (χ4v) is 2.23. The Balaban J connectivity index is 3.60. The van der Waals surface area contributed by atoms with Gasteiger partial charge in [0.05, 0.1) is 12.7 Å². The molecule has 0 atom stereocenters. The van der Waals surface area contributed by atoms with Crippen LogP contribution < -0.4 is 0 Å². The van der Waals surface area contributed by atoms with Crippen molar-refractivity contribution in [3.8, 4) is 0 Å². The summed E-state index contributed by atoms with van der Waals surface area (Å²) in [7, 11) is 1.43. The normalized spacial score (nSPS) is 12.1. The zero-order valence-electron chi connectivity index (χ0n) is 13.6. The Morgan fingerprint density at radius 2 is 1.50 bits per heavy atom. The number of carbonyl (C=O) groups excluding carboxylic acids is 1. The smallest absolute Gasteiger partial charge is 0.337 e. The molecule has 0 aromatic carbocycles. The van der Waals surface area contributed by atoms with Gasteiger partial charge in [0.2, 0.25) is 0 Å². The number of allylic oxidation sites excluding steroid dienone is 2. The summed E-state index contributed by atoms with van der Waals surface area (Å²) in [6.07, 6.45) is 18.6. The van der Waals surface area contributed by atoms with E-state index in [1.54, 1.807) is 0 Å². The van der Waals surface area contributed by atoms with Gasteiger partial charge in [0.15, 0.2) is 0 Å². The second-order valence-corrected chi connectivity index (χ2v) is 5.27. The summed E-state index contributed by atoms with van der Waals surface area (Å²) in [5, 5.41) is 0. The predicted octanol–water partition coefficient (Wildman–Crippen LogP) is 5.58. The van der Waals surface area contributed by atoms with E-state index in [0.29, 0.717) is 5.57 Å². The Morgan fingerprint density at radius 3 is 2.00 bits per heavy atom. The van der Waals surface area contributed by atoms with Gasteiger partial charge in [-0.1, -0.05) is 76.5 Å². The quantitative estimate of drug-likeness (QED) is 0.202. The number of unbranched alkanes of at least 4 members (excludes halogenated alkanes) is 9. The van der Waals surface area contributed by atoms with E-state index in [-0.39, 0.29) is 5.97 Å². The highest BCUT2D eigenvalue weighted by molar-refractivity contribution is 5.91. The summed E-state index contributed by atoms with van der Waals surface area (Å²) in [5.41, 5.74) is 0.676. The minimum absolute atomic E-state index is 0.237. The van der Waals surface area contributed by atoms with Crippen molar-refractivity contribution >= 4 is 5.97 Å². The fraction of sp³-hybridized carbons (Fsp3) is 0.722. The predicted molar refractivity (Wildman–Crippen MR) is 86.8 cm³/mol. The van der Waals surface area contributed by atoms with Gasteiger partial charge in [0.25, 0.3) is 0 Å². The van der Waals surface area contributed by atoms with Crippen molar-refractivity contribution < 1.29 is 9.53 Å². The summed E-state index contributed by atoms with van der Waals surface area (Å²) < 4.78 is 4.75. The maximum atomic E-state index is 11.5. The molecule has 2 nitrogen and oxygen atoms in total. The number of esters is 1. The number of hydrogen-bond donors (Lipinski definition) is 0. The zero-order chi connectivity index (χ0) is 15.1. The minimum atomic E-state index is -0.237. The first-order chi connectivity index (χ1) is 9.76. The first-order valence-corrected chi connectivity index (χ1v) is 8.17. The summed E-state index contributed by atoms with van der Waals surface area (Å²) in [5.74, 6) is -0.237. The highest BCUT2D eigenvalue weighted by atomic mass is 16.5. The maximum Gasteiger partial charge on any atom is 0.337 e. The highest BCUT2D eigenvalue weighted by Crippen LogP contribution is 2.11. The average molecular weight is 280 g/mol. The number of hydrogen-bond acceptors (Lipinski definition) is 2. The van der Waals surface area contributed by atoms with Crippen molar-refractivity contribution in [2.45, 2.75) is 78.1 Å². The molecule has 0 fully saturated rings. The molecule has 0 aliphatic rings. The van der Waals surface area contributed by atoms with E-state index in [4.69, 9.17) is 4.74 Å². The van der Waals surface area contributed by atoms with Crippen molar-refractivity contribution in [3.05, 3.63) is 23.8 Å². The molecular weight excluding hydrogens is 248 g/mol. The van der Waals surface area contributed by atoms with Gasteiger partial charge in [0, 0.05) is 0 Å². The highest BCUT2D eigenvalue weighted by Gasteiger charge is 2.04. The van der Waals surface area contributed by atoms with Crippen molar-refractivity contribution in [1.82, 2.24) is 0 Å². The van der Waals surface area contributed by atoms with Crippen LogP contribution in [0.1, 0.15) is 78.1 Å². The Kier molecular flexibility index (Phi) is 13.6. The van der Waals surface area contributed by atoms with Crippen LogP contribution in [0.5, 0.6) is 0 Å². The molecule has 0 aliphatic carbocycles. The summed E-state index contributed by atoms with van der Waals surface area (Å²) >= 11 is 0. The van der Waals surface area contributed by atoms with E-state index in [0.717, 1.165) is 12.8 Å². The Bertz CT molecular complexity index is 290. The van der Waals surface area contributed by atoms with E-state index >= 15 is 0 Å². The third-order valence-electron chi connectivity index (χ3n) is 3.44. The fourth-order valence-electron chi connectivity index (χ4n) is 2.23. The van der Waals surface area contributed by atoms with Crippen LogP contribution in [-0.4, -0.2) is 13.1 Å². The SMILES string of the molecule is C/C=C/C(=C\CCCCCCCCCCC)C(=O)OC. The first-order valence-electron chi connectivity index (χ1n) is 8.17. The molecule has 0 rings (SSSR count). The number of methoxy groups -OCH3 is 1. The van der Waals surface area contributed by atoms with Gasteiger partial charge in [-0.2, -0.15) is 0 Å². The van der Waals surface area contributed by atoms with Gasteiger partial charge >= 0.3 is 5.97 Å². The minimum Gasteiger partial charge on any atom is -0.465 e. The number of ether oxygens (including phenoxy) is 1. The van der Waals surface area contributed by atoms with Gasteiger partial charge in [-0.3, -0.25) is 0 Å². The Hall–Kier alpha value is -1.05. The topological polar surface area (TPSA) is 26.3 Å². The van der Waals surface area contributed by atoms with Crippen LogP contribution in [-0.2, 0) is 9.53 Å². The van der Waals surface area contributed by atoms with Gasteiger partial charge in [-0.15, -0.1) is 0 Å². The van der Waals surface area contributed by atoms with Crippen molar-refractivity contribution in [3.63, 3.8) is 0 Å². The Labute approximate surface area is 125 Å². The molecule has 0 saturated carbocycles. The van der Waals surface area contributed by atoms with E-state index in [1.807, 2.05) is 25.2 Å². The molecule has 0 unspecified atom stereocenters. The van der Waals surface area contributed by atoms with Gasteiger partial charge in [0.1, 0.15) is 0 Å². The molecule has 0 aromatic rings. The Morgan fingerprint density at radius 1 is 0.950 bits per heavy atom. The van der Waals surface area contributed by atoms with Crippen LogP contribution in [0.2, 0.25) is 0 Å². The molecule has 0 heterocycles. The molecular formula is C18H32O2. The standard InChI is InChI=1S/C18H32O2/c1-4-6-7-8-9-10-11-12-13-14-16-17(15-5-2)18(19)20-3/h5,15-16H,4,6-14H2,1-3H3/b15-5+,17-16+. The average Bonchev–Trinajstić information content (AvgIpc) is 2.47.